The van der Waals surface area contributed by atoms with E-state index in [1.807, 2.05) is 31.2 Å². The van der Waals surface area contributed by atoms with Crippen molar-refractivity contribution in [1.82, 2.24) is 0 Å². The molecule has 0 atom stereocenters. The predicted octanol–water partition coefficient (Wildman–Crippen LogP) is 2.14. The third-order valence-corrected chi connectivity index (χ3v) is 1.77. The van der Waals surface area contributed by atoms with Crippen molar-refractivity contribution in [1.29, 1.82) is 0 Å². The summed E-state index contributed by atoms with van der Waals surface area (Å²) in [7, 11) is 0. The van der Waals surface area contributed by atoms with E-state index in [1.54, 1.807) is 6.08 Å². The topological polar surface area (TPSA) is 38.3 Å². The van der Waals surface area contributed by atoms with Crippen molar-refractivity contribution >= 4 is 11.6 Å². The zero-order chi connectivity index (χ0) is 11.1. The number of hydrogen-bond donors (Lipinski definition) is 1. The molecular formula is C12H15NO2. The molecule has 0 spiro atoms. The van der Waals surface area contributed by atoms with Crippen molar-refractivity contribution in [3.63, 3.8) is 0 Å². The van der Waals surface area contributed by atoms with Crippen molar-refractivity contribution in [2.24, 2.45) is 0 Å². The van der Waals surface area contributed by atoms with Crippen molar-refractivity contribution in [2.75, 3.05) is 18.5 Å². The number of aryl methyl sites for hydroxylation is 1. The molecule has 1 amide bonds. The number of carbonyl (C=O) groups is 1. The van der Waals surface area contributed by atoms with Gasteiger partial charge in [-0.2, -0.15) is 0 Å². The number of carbonyl (C=O) groups excluding carboxylic acids is 1. The lowest BCUT2D eigenvalue weighted by Gasteiger charge is -2.05. The molecule has 0 aliphatic carbocycles. The van der Waals surface area contributed by atoms with E-state index in [9.17, 15) is 4.79 Å². The second-order valence-electron chi connectivity index (χ2n) is 3.22. The van der Waals surface area contributed by atoms with Crippen LogP contribution in [-0.2, 0) is 9.53 Å². The summed E-state index contributed by atoms with van der Waals surface area (Å²) >= 11 is 0. The van der Waals surface area contributed by atoms with Crippen molar-refractivity contribution in [3.05, 3.63) is 42.5 Å². The highest BCUT2D eigenvalue weighted by Gasteiger charge is 2.01. The summed E-state index contributed by atoms with van der Waals surface area (Å²) < 4.78 is 5.02. The van der Waals surface area contributed by atoms with Gasteiger partial charge in [0.15, 0.2) is 0 Å². The first-order valence-electron chi connectivity index (χ1n) is 4.77. The van der Waals surface area contributed by atoms with Gasteiger partial charge in [0.25, 0.3) is 0 Å². The molecule has 0 saturated carbocycles. The molecule has 3 nitrogen and oxygen atoms in total. The van der Waals surface area contributed by atoms with Gasteiger partial charge in [-0.05, 0) is 24.6 Å². The Bertz CT molecular complexity index is 347. The Hall–Kier alpha value is -1.61. The van der Waals surface area contributed by atoms with E-state index in [1.165, 1.54) is 0 Å². The molecule has 0 heterocycles. The lowest BCUT2D eigenvalue weighted by molar-refractivity contribution is -0.120. The summed E-state index contributed by atoms with van der Waals surface area (Å²) in [6, 6.07) is 7.63. The van der Waals surface area contributed by atoms with Crippen LogP contribution in [0.4, 0.5) is 5.69 Å². The van der Waals surface area contributed by atoms with Gasteiger partial charge in [-0.1, -0.05) is 18.2 Å². The smallest absolute Gasteiger partial charge is 0.250 e. The molecule has 0 fully saturated rings. The van der Waals surface area contributed by atoms with Crippen LogP contribution in [-0.4, -0.2) is 19.1 Å². The van der Waals surface area contributed by atoms with E-state index in [0.717, 1.165) is 11.3 Å². The predicted molar refractivity (Wildman–Crippen MR) is 60.8 cm³/mol. The lowest BCUT2D eigenvalue weighted by Crippen LogP contribution is -2.18. The SMILES string of the molecule is C=CCOCC(=O)Nc1cccc(C)c1. The van der Waals surface area contributed by atoms with Crippen LogP contribution in [0, 0.1) is 6.92 Å². The third-order valence-electron chi connectivity index (χ3n) is 1.77. The number of nitrogens with one attached hydrogen (secondary N) is 1. The van der Waals surface area contributed by atoms with Crippen molar-refractivity contribution < 1.29 is 9.53 Å². The molecule has 0 radical (unpaired) electrons. The van der Waals surface area contributed by atoms with Crippen LogP contribution in [0.1, 0.15) is 5.56 Å². The standard InChI is InChI=1S/C12H15NO2/c1-3-7-15-9-12(14)13-11-6-4-5-10(2)8-11/h3-6,8H,1,7,9H2,2H3,(H,13,14). The van der Waals surface area contributed by atoms with E-state index in [-0.39, 0.29) is 12.5 Å². The van der Waals surface area contributed by atoms with Crippen LogP contribution in [0.25, 0.3) is 0 Å². The molecule has 1 aromatic rings. The Morgan fingerprint density at radius 1 is 1.60 bits per heavy atom. The zero-order valence-electron chi connectivity index (χ0n) is 8.82. The highest BCUT2D eigenvalue weighted by Crippen LogP contribution is 2.08. The Kier molecular flexibility index (Phi) is 4.57. The highest BCUT2D eigenvalue weighted by molar-refractivity contribution is 5.91. The first-order chi connectivity index (χ1) is 7.22. The molecule has 1 N–H and O–H groups in total. The third kappa shape index (κ3) is 4.42. The van der Waals surface area contributed by atoms with Crippen LogP contribution >= 0.6 is 0 Å². The molecule has 0 saturated heterocycles. The van der Waals surface area contributed by atoms with Crippen molar-refractivity contribution in [2.45, 2.75) is 6.92 Å². The fourth-order valence-corrected chi connectivity index (χ4v) is 1.15. The van der Waals surface area contributed by atoms with Gasteiger partial charge in [-0.25, -0.2) is 0 Å². The van der Waals surface area contributed by atoms with Gasteiger partial charge in [0.1, 0.15) is 6.61 Å². The van der Waals surface area contributed by atoms with Gasteiger partial charge in [0, 0.05) is 5.69 Å². The number of ether oxygens (including phenoxy) is 1. The quantitative estimate of drug-likeness (QED) is 0.590. The first kappa shape index (κ1) is 11.5. The van der Waals surface area contributed by atoms with Crippen LogP contribution in [0.5, 0.6) is 0 Å². The Morgan fingerprint density at radius 2 is 2.40 bits per heavy atom. The normalized spacial score (nSPS) is 9.67. The summed E-state index contributed by atoms with van der Waals surface area (Å²) in [6.45, 7) is 5.92. The second-order valence-corrected chi connectivity index (χ2v) is 3.22. The maximum atomic E-state index is 11.3. The summed E-state index contributed by atoms with van der Waals surface area (Å²) in [6.07, 6.45) is 1.61. The number of hydrogen-bond acceptors (Lipinski definition) is 2. The Morgan fingerprint density at radius 3 is 3.07 bits per heavy atom. The number of benzene rings is 1. The molecule has 15 heavy (non-hydrogen) atoms. The summed E-state index contributed by atoms with van der Waals surface area (Å²) in [4.78, 5) is 11.3. The van der Waals surface area contributed by atoms with Crippen LogP contribution in [0.2, 0.25) is 0 Å². The van der Waals surface area contributed by atoms with E-state index < -0.39 is 0 Å². The molecule has 0 bridgehead atoms. The van der Waals surface area contributed by atoms with E-state index in [2.05, 4.69) is 11.9 Å². The lowest BCUT2D eigenvalue weighted by atomic mass is 10.2. The summed E-state index contributed by atoms with van der Waals surface area (Å²) in [5.74, 6) is -0.151. The largest absolute Gasteiger partial charge is 0.368 e. The number of amides is 1. The summed E-state index contributed by atoms with van der Waals surface area (Å²) in [5.41, 5.74) is 1.90. The van der Waals surface area contributed by atoms with E-state index in [4.69, 9.17) is 4.74 Å². The maximum Gasteiger partial charge on any atom is 0.250 e. The van der Waals surface area contributed by atoms with Gasteiger partial charge in [0.05, 0.1) is 6.61 Å². The minimum Gasteiger partial charge on any atom is -0.368 e. The molecule has 1 rings (SSSR count). The maximum absolute atomic E-state index is 11.3. The zero-order valence-corrected chi connectivity index (χ0v) is 8.82. The molecule has 3 heteroatoms. The van der Waals surface area contributed by atoms with Gasteiger partial charge >= 0.3 is 0 Å². The average Bonchev–Trinajstić information content (AvgIpc) is 2.18. The minimum absolute atomic E-state index is 0.0555. The first-order valence-corrected chi connectivity index (χ1v) is 4.77. The monoisotopic (exact) mass is 205 g/mol. The van der Waals surface area contributed by atoms with E-state index >= 15 is 0 Å². The molecule has 0 aromatic heterocycles. The fraction of sp³-hybridized carbons (Fsp3) is 0.250. The van der Waals surface area contributed by atoms with Crippen LogP contribution in [0.15, 0.2) is 36.9 Å². The van der Waals surface area contributed by atoms with Gasteiger partial charge in [-0.15, -0.1) is 6.58 Å². The Labute approximate surface area is 89.8 Å². The van der Waals surface area contributed by atoms with Crippen molar-refractivity contribution in [3.8, 4) is 0 Å². The molecule has 80 valence electrons. The summed E-state index contributed by atoms with van der Waals surface area (Å²) in [5, 5.41) is 2.74. The second kappa shape index (κ2) is 5.98. The van der Waals surface area contributed by atoms with Crippen LogP contribution < -0.4 is 5.32 Å². The molecule has 0 aliphatic heterocycles. The average molecular weight is 205 g/mol. The minimum atomic E-state index is -0.151. The molecule has 0 aliphatic rings. The van der Waals surface area contributed by atoms with Crippen LogP contribution in [0.3, 0.4) is 0 Å². The molecule has 1 aromatic carbocycles. The van der Waals surface area contributed by atoms with Gasteiger partial charge in [-0.3, -0.25) is 4.79 Å². The molecular weight excluding hydrogens is 190 g/mol. The Balaban J connectivity index is 2.40. The highest BCUT2D eigenvalue weighted by atomic mass is 16.5. The van der Waals surface area contributed by atoms with Gasteiger partial charge in [0.2, 0.25) is 5.91 Å². The number of rotatable bonds is 5. The van der Waals surface area contributed by atoms with Gasteiger partial charge < -0.3 is 10.1 Å². The van der Waals surface area contributed by atoms with E-state index in [0.29, 0.717) is 6.61 Å². The number of anilines is 1. The fourth-order valence-electron chi connectivity index (χ4n) is 1.15. The molecule has 0 unspecified atom stereocenters.